The molecule has 1 fully saturated rings. The molecule has 1 aliphatic carbocycles. The Morgan fingerprint density at radius 3 is 1.84 bits per heavy atom. The third-order valence-corrected chi connectivity index (χ3v) is 6.55. The van der Waals surface area contributed by atoms with Crippen molar-refractivity contribution in [1.29, 1.82) is 0 Å². The summed E-state index contributed by atoms with van der Waals surface area (Å²) in [7, 11) is 0. The molecule has 4 nitrogen and oxygen atoms in total. The Bertz CT molecular complexity index is 1080. The summed E-state index contributed by atoms with van der Waals surface area (Å²) in [5, 5.41) is 0. The monoisotopic (exact) mass is 418 g/mol. The Morgan fingerprint density at radius 1 is 0.839 bits per heavy atom. The number of ether oxygens (including phenoxy) is 2. The number of rotatable bonds is 3. The van der Waals surface area contributed by atoms with Crippen LogP contribution in [0.25, 0.3) is 5.57 Å². The molecule has 1 saturated carbocycles. The normalized spacial score (nSPS) is 17.4. The molecular weight excluding hydrogens is 388 g/mol. The van der Waals surface area contributed by atoms with Gasteiger partial charge in [0.1, 0.15) is 5.57 Å². The maximum absolute atomic E-state index is 13.4. The molecule has 0 unspecified atom stereocenters. The van der Waals surface area contributed by atoms with Crippen LogP contribution in [0.3, 0.4) is 0 Å². The van der Waals surface area contributed by atoms with E-state index in [-0.39, 0.29) is 0 Å². The smallest absolute Gasteiger partial charge is 0.343 e. The van der Waals surface area contributed by atoms with E-state index in [1.54, 1.807) is 0 Å². The van der Waals surface area contributed by atoms with E-state index in [0.717, 1.165) is 51.8 Å². The predicted molar refractivity (Wildman–Crippen MR) is 121 cm³/mol. The number of esters is 2. The molecule has 0 saturated heterocycles. The van der Waals surface area contributed by atoms with Gasteiger partial charge in [0.05, 0.1) is 5.56 Å². The summed E-state index contributed by atoms with van der Waals surface area (Å²) in [5.41, 5.74) is 6.89. The molecule has 1 spiro atoms. The van der Waals surface area contributed by atoms with Gasteiger partial charge in [0.2, 0.25) is 0 Å². The van der Waals surface area contributed by atoms with E-state index >= 15 is 0 Å². The van der Waals surface area contributed by atoms with Crippen LogP contribution in [0, 0.1) is 41.5 Å². The van der Waals surface area contributed by atoms with Gasteiger partial charge in [-0.1, -0.05) is 35.4 Å². The summed E-state index contributed by atoms with van der Waals surface area (Å²) in [5.74, 6) is -0.416. The van der Waals surface area contributed by atoms with Gasteiger partial charge in [-0.15, -0.1) is 0 Å². The molecule has 4 rings (SSSR count). The molecule has 0 radical (unpaired) electrons. The minimum absolute atomic E-state index is 0.392. The molecule has 0 bridgehead atoms. The van der Waals surface area contributed by atoms with Crippen LogP contribution in [0.15, 0.2) is 30.0 Å². The van der Waals surface area contributed by atoms with Gasteiger partial charge in [-0.25, -0.2) is 9.59 Å². The van der Waals surface area contributed by atoms with Gasteiger partial charge < -0.3 is 9.47 Å². The van der Waals surface area contributed by atoms with E-state index < -0.39 is 17.5 Å². The molecule has 1 heterocycles. The van der Waals surface area contributed by atoms with Crippen molar-refractivity contribution in [3.8, 4) is 0 Å². The molecule has 1 aliphatic heterocycles. The van der Waals surface area contributed by atoms with E-state index in [9.17, 15) is 9.59 Å². The van der Waals surface area contributed by atoms with E-state index in [0.29, 0.717) is 29.7 Å². The number of benzene rings is 2. The molecule has 2 aliphatic rings. The first-order chi connectivity index (χ1) is 14.6. The molecule has 2 aromatic rings. The van der Waals surface area contributed by atoms with Crippen molar-refractivity contribution in [2.45, 2.75) is 72.8 Å². The minimum atomic E-state index is -0.835. The average Bonchev–Trinajstić information content (AvgIpc) is 3.20. The zero-order chi connectivity index (χ0) is 22.5. The lowest BCUT2D eigenvalue weighted by Gasteiger charge is -2.25. The van der Waals surface area contributed by atoms with Crippen molar-refractivity contribution in [3.05, 3.63) is 74.5 Å². The Kier molecular flexibility index (Phi) is 5.28. The fourth-order valence-electron chi connectivity index (χ4n) is 5.45. The van der Waals surface area contributed by atoms with Gasteiger partial charge >= 0.3 is 11.9 Å². The van der Waals surface area contributed by atoms with Crippen LogP contribution in [0.1, 0.15) is 75.0 Å². The molecule has 0 atom stereocenters. The molecule has 2 aromatic carbocycles. The molecule has 0 N–H and O–H groups in total. The number of hydrogen-bond acceptors (Lipinski definition) is 4. The SMILES string of the molecule is Cc1cc(C)c(C(=O)OC2=C(c3c(C)cc(C)cc3C)C(=O)OC23CCCC3)c(C)c1. The van der Waals surface area contributed by atoms with Gasteiger partial charge in [0.25, 0.3) is 0 Å². The summed E-state index contributed by atoms with van der Waals surface area (Å²) in [6.45, 7) is 11.9. The van der Waals surface area contributed by atoms with E-state index in [4.69, 9.17) is 9.47 Å². The maximum Gasteiger partial charge on any atom is 0.343 e. The lowest BCUT2D eigenvalue weighted by atomic mass is 9.90. The summed E-state index contributed by atoms with van der Waals surface area (Å²) in [6, 6.07) is 8.06. The van der Waals surface area contributed by atoms with Crippen molar-refractivity contribution < 1.29 is 19.1 Å². The number of hydrogen-bond donors (Lipinski definition) is 0. The van der Waals surface area contributed by atoms with Gasteiger partial charge in [0, 0.05) is 0 Å². The Balaban J connectivity index is 1.88. The van der Waals surface area contributed by atoms with Crippen LogP contribution in [0.4, 0.5) is 0 Å². The Labute approximate surface area is 184 Å². The Morgan fingerprint density at radius 2 is 1.32 bits per heavy atom. The minimum Gasteiger partial charge on any atom is -0.447 e. The first kappa shape index (κ1) is 21.4. The van der Waals surface area contributed by atoms with Crippen LogP contribution < -0.4 is 0 Å². The predicted octanol–water partition coefficient (Wildman–Crippen LogP) is 5.97. The lowest BCUT2D eigenvalue weighted by molar-refractivity contribution is -0.146. The first-order valence-electron chi connectivity index (χ1n) is 11.0. The number of carbonyl (C=O) groups is 2. The van der Waals surface area contributed by atoms with Crippen LogP contribution in [0.2, 0.25) is 0 Å². The third-order valence-electron chi connectivity index (χ3n) is 6.55. The van der Waals surface area contributed by atoms with Crippen LogP contribution in [-0.4, -0.2) is 17.5 Å². The van der Waals surface area contributed by atoms with E-state index in [2.05, 4.69) is 12.1 Å². The number of aryl methyl sites for hydroxylation is 6. The first-order valence-corrected chi connectivity index (χ1v) is 11.0. The van der Waals surface area contributed by atoms with E-state index in [1.807, 2.05) is 53.7 Å². The second kappa shape index (κ2) is 7.67. The highest BCUT2D eigenvalue weighted by atomic mass is 16.6. The quantitative estimate of drug-likeness (QED) is 0.576. The van der Waals surface area contributed by atoms with Gasteiger partial charge in [-0.2, -0.15) is 0 Å². The Hall–Kier alpha value is -2.88. The summed E-state index contributed by atoms with van der Waals surface area (Å²) in [6.07, 6.45) is 3.24. The second-order valence-corrected chi connectivity index (χ2v) is 9.23. The van der Waals surface area contributed by atoms with Gasteiger partial charge in [-0.3, -0.25) is 0 Å². The molecule has 0 amide bonds. The van der Waals surface area contributed by atoms with Crippen LogP contribution >= 0.6 is 0 Å². The maximum atomic E-state index is 13.4. The highest BCUT2D eigenvalue weighted by Gasteiger charge is 2.52. The molecule has 162 valence electrons. The third kappa shape index (κ3) is 3.58. The van der Waals surface area contributed by atoms with Gasteiger partial charge in [0.15, 0.2) is 11.4 Å². The van der Waals surface area contributed by atoms with Gasteiger partial charge in [-0.05, 0) is 95.0 Å². The topological polar surface area (TPSA) is 52.6 Å². The fourth-order valence-corrected chi connectivity index (χ4v) is 5.45. The van der Waals surface area contributed by atoms with Crippen molar-refractivity contribution in [2.75, 3.05) is 0 Å². The van der Waals surface area contributed by atoms with Crippen molar-refractivity contribution >= 4 is 17.5 Å². The van der Waals surface area contributed by atoms with Crippen molar-refractivity contribution in [1.82, 2.24) is 0 Å². The zero-order valence-electron chi connectivity index (χ0n) is 19.3. The van der Waals surface area contributed by atoms with Crippen LogP contribution in [0.5, 0.6) is 0 Å². The molecule has 4 heteroatoms. The largest absolute Gasteiger partial charge is 0.447 e. The summed E-state index contributed by atoms with van der Waals surface area (Å²) < 4.78 is 12.1. The molecule has 0 aromatic heterocycles. The molecular formula is C27H30O4. The summed E-state index contributed by atoms with van der Waals surface area (Å²) in [4.78, 5) is 26.5. The zero-order valence-corrected chi connectivity index (χ0v) is 19.3. The average molecular weight is 419 g/mol. The van der Waals surface area contributed by atoms with Crippen molar-refractivity contribution in [3.63, 3.8) is 0 Å². The van der Waals surface area contributed by atoms with Crippen LogP contribution in [-0.2, 0) is 14.3 Å². The van der Waals surface area contributed by atoms with Crippen molar-refractivity contribution in [2.24, 2.45) is 0 Å². The number of carbonyl (C=O) groups excluding carboxylic acids is 2. The highest BCUT2D eigenvalue weighted by Crippen LogP contribution is 2.49. The lowest BCUT2D eigenvalue weighted by Crippen LogP contribution is -2.30. The highest BCUT2D eigenvalue weighted by molar-refractivity contribution is 6.21. The fraction of sp³-hybridized carbons (Fsp3) is 0.407. The summed E-state index contributed by atoms with van der Waals surface area (Å²) >= 11 is 0. The second-order valence-electron chi connectivity index (χ2n) is 9.23. The van der Waals surface area contributed by atoms with E-state index in [1.165, 1.54) is 0 Å². The standard InChI is InChI=1S/C27H30O4/c1-15-11-17(3)21(18(4)12-15)23-24(27(31-26(23)29)9-7-8-10-27)30-25(28)22-19(5)13-16(2)14-20(22)6/h11-14H,7-10H2,1-6H3. The molecule has 31 heavy (non-hydrogen) atoms.